The SMILES string of the molecule is C=CCN(C(=O)C(Cc1ccccc1)NC(=O)OC(C)(C)C)C(C(=O)NCCCC)c1ccc(O)c(C)c1. The molecule has 0 bridgehead atoms. The molecule has 2 aromatic rings. The maximum atomic E-state index is 14.1. The van der Waals surface area contributed by atoms with E-state index in [9.17, 15) is 19.5 Å². The van der Waals surface area contributed by atoms with Gasteiger partial charge in [-0.15, -0.1) is 6.58 Å². The van der Waals surface area contributed by atoms with Gasteiger partial charge in [0, 0.05) is 19.5 Å². The Morgan fingerprint density at radius 3 is 2.39 bits per heavy atom. The second-order valence-corrected chi connectivity index (χ2v) is 10.3. The van der Waals surface area contributed by atoms with E-state index in [1.807, 2.05) is 37.3 Å². The van der Waals surface area contributed by atoms with Crippen molar-refractivity contribution in [1.29, 1.82) is 0 Å². The Balaban J connectivity index is 2.51. The van der Waals surface area contributed by atoms with Gasteiger partial charge in [0.2, 0.25) is 11.8 Å². The summed E-state index contributed by atoms with van der Waals surface area (Å²) in [5.41, 5.74) is 1.20. The molecule has 0 spiro atoms. The molecule has 0 aliphatic rings. The number of phenols is 1. The molecule has 0 heterocycles. The Kier molecular flexibility index (Phi) is 11.4. The minimum atomic E-state index is -1.00. The molecule has 2 rings (SSSR count). The second-order valence-electron chi connectivity index (χ2n) is 10.3. The van der Waals surface area contributed by atoms with Crippen molar-refractivity contribution in [2.75, 3.05) is 13.1 Å². The fourth-order valence-electron chi connectivity index (χ4n) is 3.97. The molecule has 3 N–H and O–H groups in total. The summed E-state index contributed by atoms with van der Waals surface area (Å²) in [5, 5.41) is 15.7. The van der Waals surface area contributed by atoms with Crippen LogP contribution in [0.5, 0.6) is 5.75 Å². The van der Waals surface area contributed by atoms with E-state index in [0.717, 1.165) is 18.4 Å². The van der Waals surface area contributed by atoms with Gasteiger partial charge in [0.1, 0.15) is 23.4 Å². The summed E-state index contributed by atoms with van der Waals surface area (Å²) < 4.78 is 5.43. The zero-order chi connectivity index (χ0) is 28.3. The lowest BCUT2D eigenvalue weighted by molar-refractivity contribution is -0.141. The first-order chi connectivity index (χ1) is 18.0. The maximum absolute atomic E-state index is 14.1. The topological polar surface area (TPSA) is 108 Å². The number of aryl methyl sites for hydroxylation is 1. The van der Waals surface area contributed by atoms with Crippen LogP contribution in [0.4, 0.5) is 4.79 Å². The summed E-state index contributed by atoms with van der Waals surface area (Å²) in [6.45, 7) is 13.3. The molecule has 8 heteroatoms. The van der Waals surface area contributed by atoms with Gasteiger partial charge in [0.25, 0.3) is 0 Å². The lowest BCUT2D eigenvalue weighted by Gasteiger charge is -2.34. The Morgan fingerprint density at radius 1 is 1.13 bits per heavy atom. The third-order valence-corrected chi connectivity index (χ3v) is 5.81. The average molecular weight is 524 g/mol. The number of amides is 3. The molecule has 8 nitrogen and oxygen atoms in total. The van der Waals surface area contributed by atoms with Crippen molar-refractivity contribution in [3.05, 3.63) is 77.9 Å². The van der Waals surface area contributed by atoms with Crippen molar-refractivity contribution in [2.45, 2.75) is 71.6 Å². The highest BCUT2D eigenvalue weighted by molar-refractivity contribution is 5.92. The van der Waals surface area contributed by atoms with E-state index in [2.05, 4.69) is 17.2 Å². The number of nitrogens with one attached hydrogen (secondary N) is 2. The van der Waals surface area contributed by atoms with Gasteiger partial charge in [-0.3, -0.25) is 9.59 Å². The molecule has 0 fully saturated rings. The summed E-state index contributed by atoms with van der Waals surface area (Å²) in [5.74, 6) is -0.718. The van der Waals surface area contributed by atoms with Crippen molar-refractivity contribution in [3.63, 3.8) is 0 Å². The minimum Gasteiger partial charge on any atom is -0.508 e. The Morgan fingerprint density at radius 2 is 1.82 bits per heavy atom. The number of nitrogens with zero attached hydrogens (tertiary/aromatic N) is 1. The van der Waals surface area contributed by atoms with E-state index in [0.29, 0.717) is 17.7 Å². The van der Waals surface area contributed by atoms with Crippen molar-refractivity contribution < 1.29 is 24.2 Å². The molecule has 0 saturated carbocycles. The van der Waals surface area contributed by atoms with Crippen LogP contribution in [0.2, 0.25) is 0 Å². The van der Waals surface area contributed by atoms with E-state index in [4.69, 9.17) is 4.74 Å². The minimum absolute atomic E-state index is 0.0614. The number of carbonyl (C=O) groups excluding carboxylic acids is 3. The number of hydrogen-bond donors (Lipinski definition) is 3. The van der Waals surface area contributed by atoms with Crippen molar-refractivity contribution in [1.82, 2.24) is 15.5 Å². The number of hydrogen-bond acceptors (Lipinski definition) is 5. The second kappa shape index (κ2) is 14.2. The quantitative estimate of drug-likeness (QED) is 0.273. The third-order valence-electron chi connectivity index (χ3n) is 5.81. The van der Waals surface area contributed by atoms with Crippen LogP contribution in [0.25, 0.3) is 0 Å². The van der Waals surface area contributed by atoms with E-state index in [1.165, 1.54) is 11.0 Å². The average Bonchev–Trinajstić information content (AvgIpc) is 2.84. The van der Waals surface area contributed by atoms with Crippen LogP contribution >= 0.6 is 0 Å². The molecular formula is C30H41N3O5. The fraction of sp³-hybridized carbons (Fsp3) is 0.433. The number of aromatic hydroxyl groups is 1. The molecule has 2 unspecified atom stereocenters. The van der Waals surface area contributed by atoms with Gasteiger partial charge in [-0.05, 0) is 62.9 Å². The number of rotatable bonds is 12. The van der Waals surface area contributed by atoms with Crippen LogP contribution in [0.1, 0.15) is 63.3 Å². The molecule has 2 aromatic carbocycles. The molecule has 0 aliphatic heterocycles. The third kappa shape index (κ3) is 9.25. The molecule has 0 radical (unpaired) electrons. The monoisotopic (exact) mass is 523 g/mol. The van der Waals surface area contributed by atoms with Gasteiger partial charge < -0.3 is 25.4 Å². The summed E-state index contributed by atoms with van der Waals surface area (Å²) in [6.07, 6.45) is 2.71. The number of alkyl carbamates (subject to hydrolysis) is 1. The van der Waals surface area contributed by atoms with Gasteiger partial charge >= 0.3 is 6.09 Å². The normalized spacial score (nSPS) is 12.7. The summed E-state index contributed by atoms with van der Waals surface area (Å²) in [6, 6.07) is 12.1. The Labute approximate surface area is 226 Å². The summed E-state index contributed by atoms with van der Waals surface area (Å²) >= 11 is 0. The lowest BCUT2D eigenvalue weighted by atomic mass is 9.98. The number of phenolic OH excluding ortho intramolecular Hbond substituents is 1. The van der Waals surface area contributed by atoms with Crippen molar-refractivity contribution in [3.8, 4) is 5.75 Å². The number of unbranched alkanes of at least 4 members (excludes halogenated alkanes) is 1. The predicted molar refractivity (Wildman–Crippen MR) is 149 cm³/mol. The molecule has 206 valence electrons. The maximum Gasteiger partial charge on any atom is 0.408 e. The van der Waals surface area contributed by atoms with Crippen LogP contribution in [-0.4, -0.2) is 52.6 Å². The molecule has 38 heavy (non-hydrogen) atoms. The molecule has 3 amide bonds. The van der Waals surface area contributed by atoms with Gasteiger partial charge in [-0.2, -0.15) is 0 Å². The Hall–Kier alpha value is -3.81. The largest absolute Gasteiger partial charge is 0.508 e. The zero-order valence-electron chi connectivity index (χ0n) is 23.1. The highest BCUT2D eigenvalue weighted by Crippen LogP contribution is 2.27. The first-order valence-corrected chi connectivity index (χ1v) is 13.0. The van der Waals surface area contributed by atoms with E-state index >= 15 is 0 Å². The van der Waals surface area contributed by atoms with Gasteiger partial charge in [0.15, 0.2) is 0 Å². The lowest BCUT2D eigenvalue weighted by Crippen LogP contribution is -2.54. The van der Waals surface area contributed by atoms with Crippen molar-refractivity contribution >= 4 is 17.9 Å². The molecule has 2 atom stereocenters. The molecule has 0 saturated heterocycles. The van der Waals surface area contributed by atoms with Crippen LogP contribution in [-0.2, 0) is 20.7 Å². The first kappa shape index (κ1) is 30.4. The number of benzene rings is 2. The van der Waals surface area contributed by atoms with Gasteiger partial charge in [0.05, 0.1) is 0 Å². The molecule has 0 aromatic heterocycles. The first-order valence-electron chi connectivity index (χ1n) is 13.0. The van der Waals surface area contributed by atoms with Crippen LogP contribution in [0.15, 0.2) is 61.2 Å². The highest BCUT2D eigenvalue weighted by Gasteiger charge is 2.36. The van der Waals surface area contributed by atoms with Crippen LogP contribution in [0.3, 0.4) is 0 Å². The standard InChI is InChI=1S/C30H41N3O5/c1-7-9-17-31-27(35)26(23-15-16-25(34)21(3)19-23)33(18-8-2)28(36)24(20-22-13-11-10-12-14-22)32-29(37)38-30(4,5)6/h8,10-16,19,24,26,34H,2,7,9,17-18,20H2,1,3-6H3,(H,31,35)(H,32,37). The van der Waals surface area contributed by atoms with Gasteiger partial charge in [-0.1, -0.05) is 55.8 Å². The number of carbonyl (C=O) groups is 3. The summed E-state index contributed by atoms with van der Waals surface area (Å²) in [7, 11) is 0. The smallest absolute Gasteiger partial charge is 0.408 e. The number of ether oxygens (including phenoxy) is 1. The van der Waals surface area contributed by atoms with Crippen LogP contribution < -0.4 is 10.6 Å². The fourth-order valence-corrected chi connectivity index (χ4v) is 3.97. The van der Waals surface area contributed by atoms with E-state index < -0.39 is 29.7 Å². The van der Waals surface area contributed by atoms with E-state index in [-0.39, 0.29) is 24.6 Å². The predicted octanol–water partition coefficient (Wildman–Crippen LogP) is 4.81. The zero-order valence-corrected chi connectivity index (χ0v) is 23.1. The summed E-state index contributed by atoms with van der Waals surface area (Å²) in [4.78, 5) is 41.8. The van der Waals surface area contributed by atoms with Crippen molar-refractivity contribution in [2.24, 2.45) is 0 Å². The Bertz CT molecular complexity index is 1090. The molecule has 0 aliphatic carbocycles. The van der Waals surface area contributed by atoms with Crippen LogP contribution in [0, 0.1) is 6.92 Å². The molecular weight excluding hydrogens is 482 g/mol. The van der Waals surface area contributed by atoms with E-state index in [1.54, 1.807) is 45.9 Å². The highest BCUT2D eigenvalue weighted by atomic mass is 16.6. The van der Waals surface area contributed by atoms with Gasteiger partial charge in [-0.25, -0.2) is 4.79 Å².